The summed E-state index contributed by atoms with van der Waals surface area (Å²) < 4.78 is 15.7. The third-order valence-corrected chi connectivity index (χ3v) is 4.19. The van der Waals surface area contributed by atoms with Crippen LogP contribution in [0.2, 0.25) is 0 Å². The second-order valence-corrected chi connectivity index (χ2v) is 5.74. The average molecular weight is 344 g/mol. The van der Waals surface area contributed by atoms with Crippen molar-refractivity contribution >= 4 is 17.5 Å². The first-order chi connectivity index (χ1) is 12.1. The van der Waals surface area contributed by atoms with Crippen LogP contribution in [0.3, 0.4) is 0 Å². The number of methoxy groups -OCH3 is 2. The monoisotopic (exact) mass is 344 g/mol. The van der Waals surface area contributed by atoms with E-state index in [0.717, 1.165) is 0 Å². The number of benzene rings is 1. The molecule has 0 radical (unpaired) electrons. The lowest BCUT2D eigenvalue weighted by molar-refractivity contribution is -0.126. The maximum atomic E-state index is 12.4. The molecule has 0 spiro atoms. The number of anilines is 1. The number of hydrogen-bond acceptors (Lipinski definition) is 5. The normalized spacial score (nSPS) is 16.8. The summed E-state index contributed by atoms with van der Waals surface area (Å²) in [6.45, 7) is 0.603. The summed E-state index contributed by atoms with van der Waals surface area (Å²) in [6.07, 6.45) is 1.71. The van der Waals surface area contributed by atoms with Gasteiger partial charge in [-0.15, -0.1) is 0 Å². The largest absolute Gasteiger partial charge is 0.497 e. The Hall–Kier alpha value is -2.96. The minimum Gasteiger partial charge on any atom is -0.497 e. The van der Waals surface area contributed by atoms with E-state index in [-0.39, 0.29) is 18.2 Å². The van der Waals surface area contributed by atoms with E-state index in [1.54, 1.807) is 55.7 Å². The van der Waals surface area contributed by atoms with Crippen LogP contribution in [-0.2, 0) is 16.1 Å². The molecule has 1 aromatic heterocycles. The summed E-state index contributed by atoms with van der Waals surface area (Å²) in [7, 11) is 3.10. The molecule has 0 bridgehead atoms. The first-order valence-corrected chi connectivity index (χ1v) is 7.95. The molecule has 1 atom stereocenters. The molecule has 25 heavy (non-hydrogen) atoms. The predicted octanol–water partition coefficient (Wildman–Crippen LogP) is 1.97. The second-order valence-electron chi connectivity index (χ2n) is 5.74. The minimum absolute atomic E-state index is 0.121. The Morgan fingerprint density at radius 3 is 2.84 bits per heavy atom. The van der Waals surface area contributed by atoms with Gasteiger partial charge in [0.1, 0.15) is 17.3 Å². The topological polar surface area (TPSA) is 81.0 Å². The summed E-state index contributed by atoms with van der Waals surface area (Å²) in [5.74, 6) is 1.14. The lowest BCUT2D eigenvalue weighted by Gasteiger charge is -2.20. The smallest absolute Gasteiger partial charge is 0.227 e. The minimum atomic E-state index is -0.418. The van der Waals surface area contributed by atoms with Crippen molar-refractivity contribution in [3.8, 4) is 11.5 Å². The number of nitrogens with one attached hydrogen (secondary N) is 1. The van der Waals surface area contributed by atoms with E-state index in [1.807, 2.05) is 0 Å². The number of rotatable bonds is 6. The van der Waals surface area contributed by atoms with E-state index >= 15 is 0 Å². The van der Waals surface area contributed by atoms with E-state index in [2.05, 4.69) is 5.32 Å². The van der Waals surface area contributed by atoms with Gasteiger partial charge >= 0.3 is 0 Å². The van der Waals surface area contributed by atoms with Gasteiger partial charge in [-0.3, -0.25) is 9.59 Å². The van der Waals surface area contributed by atoms with Gasteiger partial charge in [0.15, 0.2) is 0 Å². The maximum absolute atomic E-state index is 12.4. The van der Waals surface area contributed by atoms with Crippen molar-refractivity contribution in [2.75, 3.05) is 25.7 Å². The Bertz CT molecular complexity index is 757. The van der Waals surface area contributed by atoms with Gasteiger partial charge in [0.2, 0.25) is 11.8 Å². The van der Waals surface area contributed by atoms with Crippen LogP contribution >= 0.6 is 0 Å². The Labute approximate surface area is 145 Å². The average Bonchev–Trinajstić information content (AvgIpc) is 3.28. The zero-order valence-corrected chi connectivity index (χ0v) is 14.2. The summed E-state index contributed by atoms with van der Waals surface area (Å²) in [5, 5.41) is 2.80. The van der Waals surface area contributed by atoms with Crippen LogP contribution < -0.4 is 19.7 Å². The Balaban J connectivity index is 1.71. The quantitative estimate of drug-likeness (QED) is 0.866. The molecule has 2 aromatic rings. The predicted molar refractivity (Wildman–Crippen MR) is 90.6 cm³/mol. The Kier molecular flexibility index (Phi) is 4.92. The van der Waals surface area contributed by atoms with E-state index in [4.69, 9.17) is 13.9 Å². The molecule has 2 amide bonds. The fourth-order valence-corrected chi connectivity index (χ4v) is 2.86. The fourth-order valence-electron chi connectivity index (χ4n) is 2.86. The fraction of sp³-hybridized carbons (Fsp3) is 0.333. The molecule has 132 valence electrons. The van der Waals surface area contributed by atoms with Crippen LogP contribution in [-0.4, -0.2) is 32.6 Å². The molecule has 1 unspecified atom stereocenters. The molecule has 0 aliphatic carbocycles. The molecule has 1 N–H and O–H groups in total. The van der Waals surface area contributed by atoms with Crippen molar-refractivity contribution in [3.05, 3.63) is 42.4 Å². The van der Waals surface area contributed by atoms with E-state index in [0.29, 0.717) is 36.0 Å². The van der Waals surface area contributed by atoms with Crippen molar-refractivity contribution in [1.29, 1.82) is 0 Å². The SMILES string of the molecule is COc1ccc(OC)c(N2CC(C(=O)NCc3ccco3)CC2=O)c1. The van der Waals surface area contributed by atoms with Crippen molar-refractivity contribution in [1.82, 2.24) is 5.32 Å². The highest BCUT2D eigenvalue weighted by Crippen LogP contribution is 2.36. The van der Waals surface area contributed by atoms with Gasteiger partial charge in [-0.1, -0.05) is 0 Å². The van der Waals surface area contributed by atoms with Gasteiger partial charge in [-0.05, 0) is 24.3 Å². The third-order valence-electron chi connectivity index (χ3n) is 4.19. The third kappa shape index (κ3) is 3.60. The highest BCUT2D eigenvalue weighted by atomic mass is 16.5. The lowest BCUT2D eigenvalue weighted by Crippen LogP contribution is -2.32. The molecule has 7 heteroatoms. The molecule has 0 saturated carbocycles. The van der Waals surface area contributed by atoms with Gasteiger partial charge in [-0.2, -0.15) is 0 Å². The van der Waals surface area contributed by atoms with E-state index < -0.39 is 5.92 Å². The Morgan fingerprint density at radius 2 is 2.16 bits per heavy atom. The van der Waals surface area contributed by atoms with Gasteiger partial charge in [0, 0.05) is 19.0 Å². The van der Waals surface area contributed by atoms with E-state index in [1.165, 1.54) is 0 Å². The first kappa shape index (κ1) is 16.9. The zero-order valence-electron chi connectivity index (χ0n) is 14.2. The van der Waals surface area contributed by atoms with Crippen LogP contribution in [0.5, 0.6) is 11.5 Å². The van der Waals surface area contributed by atoms with Gasteiger partial charge in [0.05, 0.1) is 38.6 Å². The summed E-state index contributed by atoms with van der Waals surface area (Å²) in [6, 6.07) is 8.78. The number of carbonyl (C=O) groups is 2. The molecule has 1 aliphatic rings. The van der Waals surface area contributed by atoms with Crippen LogP contribution in [0.15, 0.2) is 41.0 Å². The first-order valence-electron chi connectivity index (χ1n) is 7.95. The lowest BCUT2D eigenvalue weighted by atomic mass is 10.1. The highest BCUT2D eigenvalue weighted by Gasteiger charge is 2.36. The van der Waals surface area contributed by atoms with Crippen LogP contribution in [0.1, 0.15) is 12.2 Å². The molecule has 2 heterocycles. The molecular formula is C18H20N2O5. The Morgan fingerprint density at radius 1 is 1.32 bits per heavy atom. The molecule has 3 rings (SSSR count). The van der Waals surface area contributed by atoms with Crippen molar-refractivity contribution < 1.29 is 23.5 Å². The molecule has 1 aromatic carbocycles. The standard InChI is InChI=1S/C18H20N2O5/c1-23-13-5-6-16(24-2)15(9-13)20-11-12(8-17(20)21)18(22)19-10-14-4-3-7-25-14/h3-7,9,12H,8,10-11H2,1-2H3,(H,19,22). The van der Waals surface area contributed by atoms with E-state index in [9.17, 15) is 9.59 Å². The van der Waals surface area contributed by atoms with Gasteiger partial charge < -0.3 is 24.1 Å². The van der Waals surface area contributed by atoms with Gasteiger partial charge in [0.25, 0.3) is 0 Å². The van der Waals surface area contributed by atoms with Crippen LogP contribution in [0, 0.1) is 5.92 Å². The number of amides is 2. The second kappa shape index (κ2) is 7.29. The summed E-state index contributed by atoms with van der Waals surface area (Å²) >= 11 is 0. The zero-order chi connectivity index (χ0) is 17.8. The number of hydrogen-bond donors (Lipinski definition) is 1. The van der Waals surface area contributed by atoms with Crippen LogP contribution in [0.25, 0.3) is 0 Å². The number of furan rings is 1. The molecule has 7 nitrogen and oxygen atoms in total. The van der Waals surface area contributed by atoms with Gasteiger partial charge in [-0.25, -0.2) is 0 Å². The molecular weight excluding hydrogens is 324 g/mol. The number of ether oxygens (including phenoxy) is 2. The van der Waals surface area contributed by atoms with Crippen molar-refractivity contribution in [2.24, 2.45) is 5.92 Å². The van der Waals surface area contributed by atoms with Crippen molar-refractivity contribution in [3.63, 3.8) is 0 Å². The van der Waals surface area contributed by atoms with Crippen LogP contribution in [0.4, 0.5) is 5.69 Å². The molecule has 1 aliphatic heterocycles. The van der Waals surface area contributed by atoms with Crippen molar-refractivity contribution in [2.45, 2.75) is 13.0 Å². The number of nitrogens with zero attached hydrogens (tertiary/aromatic N) is 1. The molecule has 1 saturated heterocycles. The summed E-state index contributed by atoms with van der Waals surface area (Å²) in [4.78, 5) is 26.3. The molecule has 1 fully saturated rings. The summed E-state index contributed by atoms with van der Waals surface area (Å²) in [5.41, 5.74) is 0.605. The highest BCUT2D eigenvalue weighted by molar-refractivity contribution is 6.01. The maximum Gasteiger partial charge on any atom is 0.227 e. The number of carbonyl (C=O) groups excluding carboxylic acids is 2.